The van der Waals surface area contributed by atoms with Gasteiger partial charge in [-0.1, -0.05) is 30.7 Å². The highest BCUT2D eigenvalue weighted by Gasteiger charge is 2.09. The summed E-state index contributed by atoms with van der Waals surface area (Å²) in [5, 5.41) is 8.67. The van der Waals surface area contributed by atoms with Crippen LogP contribution < -0.4 is 4.74 Å². The molecule has 0 saturated carbocycles. The molecular weight excluding hydrogens is 300 g/mol. The molecule has 112 valence electrons. The Morgan fingerprint density at radius 1 is 1.00 bits per heavy atom. The van der Waals surface area contributed by atoms with E-state index in [1.54, 1.807) is 12.1 Å². The zero-order valence-electron chi connectivity index (χ0n) is 12.1. The molecule has 0 amide bonds. The number of aromatic nitrogens is 2. The van der Waals surface area contributed by atoms with Crippen LogP contribution in [0.5, 0.6) is 5.75 Å². The van der Waals surface area contributed by atoms with E-state index in [-0.39, 0.29) is 6.61 Å². The Hall–Kier alpha value is -2.33. The Bertz CT molecular complexity index is 736. The van der Waals surface area contributed by atoms with Gasteiger partial charge in [0.2, 0.25) is 5.89 Å². The average Bonchev–Trinajstić information content (AvgIpc) is 3.03. The van der Waals surface area contributed by atoms with Crippen LogP contribution in [0.3, 0.4) is 0 Å². The van der Waals surface area contributed by atoms with Gasteiger partial charge < -0.3 is 9.15 Å². The first-order valence-electron chi connectivity index (χ1n) is 7.04. The summed E-state index contributed by atoms with van der Waals surface area (Å²) in [7, 11) is 0. The molecule has 3 rings (SSSR count). The second-order valence-corrected chi connectivity index (χ2v) is 5.23. The Kier molecular flexibility index (Phi) is 4.39. The van der Waals surface area contributed by atoms with Gasteiger partial charge in [0.1, 0.15) is 5.75 Å². The van der Waals surface area contributed by atoms with Crippen molar-refractivity contribution < 1.29 is 9.15 Å². The maximum Gasteiger partial charge on any atom is 0.254 e. The molecule has 0 N–H and O–H groups in total. The number of nitrogens with zero attached hydrogens (tertiary/aromatic N) is 2. The summed E-state index contributed by atoms with van der Waals surface area (Å²) in [4.78, 5) is 0. The third-order valence-electron chi connectivity index (χ3n) is 3.25. The fraction of sp³-hybridized carbons (Fsp3) is 0.176. The molecule has 22 heavy (non-hydrogen) atoms. The van der Waals surface area contributed by atoms with Crippen LogP contribution in [-0.2, 0) is 13.0 Å². The number of rotatable bonds is 5. The molecule has 0 unspecified atom stereocenters. The fourth-order valence-corrected chi connectivity index (χ4v) is 2.11. The van der Waals surface area contributed by atoms with Crippen molar-refractivity contribution in [3.05, 3.63) is 65.0 Å². The molecule has 3 aromatic rings. The van der Waals surface area contributed by atoms with E-state index >= 15 is 0 Å². The lowest BCUT2D eigenvalue weighted by Gasteiger charge is -2.03. The van der Waals surface area contributed by atoms with Gasteiger partial charge in [-0.15, -0.1) is 10.2 Å². The zero-order chi connectivity index (χ0) is 15.4. The van der Waals surface area contributed by atoms with Gasteiger partial charge in [-0.2, -0.15) is 0 Å². The van der Waals surface area contributed by atoms with Gasteiger partial charge in [-0.05, 0) is 48.4 Å². The Labute approximate surface area is 133 Å². The largest absolute Gasteiger partial charge is 0.484 e. The molecule has 1 aromatic heterocycles. The summed E-state index contributed by atoms with van der Waals surface area (Å²) in [5.74, 6) is 1.67. The summed E-state index contributed by atoms with van der Waals surface area (Å²) in [6.07, 6.45) is 1.01. The molecular formula is C17H15ClN2O2. The van der Waals surface area contributed by atoms with E-state index in [4.69, 9.17) is 20.8 Å². The summed E-state index contributed by atoms with van der Waals surface area (Å²) in [5.41, 5.74) is 2.10. The lowest BCUT2D eigenvalue weighted by Crippen LogP contribution is -1.95. The maximum absolute atomic E-state index is 5.86. The van der Waals surface area contributed by atoms with Crippen LogP contribution in [0.15, 0.2) is 52.9 Å². The lowest BCUT2D eigenvalue weighted by molar-refractivity contribution is 0.264. The number of hydrogen-bond acceptors (Lipinski definition) is 4. The van der Waals surface area contributed by atoms with Crippen LogP contribution in [0.2, 0.25) is 5.02 Å². The summed E-state index contributed by atoms with van der Waals surface area (Å²) < 4.78 is 11.2. The van der Waals surface area contributed by atoms with Gasteiger partial charge in [-0.3, -0.25) is 0 Å². The molecule has 0 radical (unpaired) electrons. The van der Waals surface area contributed by atoms with Crippen molar-refractivity contribution in [2.75, 3.05) is 0 Å². The predicted molar refractivity (Wildman–Crippen MR) is 84.9 cm³/mol. The van der Waals surface area contributed by atoms with Crippen molar-refractivity contribution >= 4 is 11.6 Å². The van der Waals surface area contributed by atoms with E-state index in [1.807, 2.05) is 36.4 Å². The topological polar surface area (TPSA) is 48.2 Å². The Morgan fingerprint density at radius 2 is 1.73 bits per heavy atom. The third-order valence-corrected chi connectivity index (χ3v) is 3.50. The molecule has 0 aliphatic rings. The molecule has 1 heterocycles. The van der Waals surface area contributed by atoms with Gasteiger partial charge in [0.15, 0.2) is 6.61 Å². The molecule has 0 aliphatic heterocycles. The molecule has 0 bridgehead atoms. The Balaban J connectivity index is 1.65. The van der Waals surface area contributed by atoms with Crippen LogP contribution >= 0.6 is 11.6 Å². The van der Waals surface area contributed by atoms with Crippen molar-refractivity contribution in [1.82, 2.24) is 10.2 Å². The van der Waals surface area contributed by atoms with Crippen molar-refractivity contribution in [2.45, 2.75) is 20.0 Å². The molecule has 2 aromatic carbocycles. The van der Waals surface area contributed by atoms with Gasteiger partial charge >= 0.3 is 0 Å². The van der Waals surface area contributed by atoms with Gasteiger partial charge in [0, 0.05) is 10.6 Å². The number of hydrogen-bond donors (Lipinski definition) is 0. The summed E-state index contributed by atoms with van der Waals surface area (Å²) in [6.45, 7) is 2.36. The minimum absolute atomic E-state index is 0.242. The molecule has 0 aliphatic carbocycles. The first-order chi connectivity index (χ1) is 10.7. The van der Waals surface area contributed by atoms with E-state index in [0.717, 1.165) is 17.7 Å². The fourth-order valence-electron chi connectivity index (χ4n) is 1.99. The third kappa shape index (κ3) is 3.46. The lowest BCUT2D eigenvalue weighted by atomic mass is 10.2. The molecule has 0 spiro atoms. The SMILES string of the molecule is CCc1ccc(OCc2nnc(-c3ccc(Cl)cc3)o2)cc1. The van der Waals surface area contributed by atoms with Gasteiger partial charge in [-0.25, -0.2) is 0 Å². The van der Waals surface area contributed by atoms with Crippen molar-refractivity contribution in [3.63, 3.8) is 0 Å². The predicted octanol–water partition coefficient (Wildman–Crippen LogP) is 4.53. The highest BCUT2D eigenvalue weighted by atomic mass is 35.5. The second kappa shape index (κ2) is 6.62. The van der Waals surface area contributed by atoms with E-state index in [2.05, 4.69) is 17.1 Å². The first-order valence-corrected chi connectivity index (χ1v) is 7.42. The van der Waals surface area contributed by atoms with Crippen molar-refractivity contribution in [3.8, 4) is 17.2 Å². The summed E-state index contributed by atoms with van der Waals surface area (Å²) in [6, 6.07) is 15.2. The summed E-state index contributed by atoms with van der Waals surface area (Å²) >= 11 is 5.86. The number of aryl methyl sites for hydroxylation is 1. The van der Waals surface area contributed by atoms with Crippen LogP contribution in [0, 0.1) is 0 Å². The number of halogens is 1. The minimum Gasteiger partial charge on any atom is -0.484 e. The van der Waals surface area contributed by atoms with Crippen molar-refractivity contribution in [2.24, 2.45) is 0 Å². The highest BCUT2D eigenvalue weighted by molar-refractivity contribution is 6.30. The van der Waals surface area contributed by atoms with E-state index < -0.39 is 0 Å². The number of benzene rings is 2. The highest BCUT2D eigenvalue weighted by Crippen LogP contribution is 2.21. The molecule has 5 heteroatoms. The molecule has 0 atom stereocenters. The molecule has 4 nitrogen and oxygen atoms in total. The standard InChI is InChI=1S/C17H15ClN2O2/c1-2-12-3-9-15(10-4-12)21-11-16-19-20-17(22-16)13-5-7-14(18)8-6-13/h3-10H,2,11H2,1H3. The van der Waals surface area contributed by atoms with E-state index in [9.17, 15) is 0 Å². The van der Waals surface area contributed by atoms with Crippen molar-refractivity contribution in [1.29, 1.82) is 0 Å². The second-order valence-electron chi connectivity index (χ2n) is 4.79. The van der Waals surface area contributed by atoms with Crippen LogP contribution in [0.1, 0.15) is 18.4 Å². The number of ether oxygens (including phenoxy) is 1. The average molecular weight is 315 g/mol. The van der Waals surface area contributed by atoms with Gasteiger partial charge in [0.25, 0.3) is 5.89 Å². The van der Waals surface area contributed by atoms with E-state index in [0.29, 0.717) is 16.8 Å². The smallest absolute Gasteiger partial charge is 0.254 e. The van der Waals surface area contributed by atoms with Crippen LogP contribution in [0.4, 0.5) is 0 Å². The quantitative estimate of drug-likeness (QED) is 0.694. The minimum atomic E-state index is 0.242. The maximum atomic E-state index is 5.86. The monoisotopic (exact) mass is 314 g/mol. The van der Waals surface area contributed by atoms with Crippen LogP contribution in [0.25, 0.3) is 11.5 Å². The normalized spacial score (nSPS) is 10.6. The van der Waals surface area contributed by atoms with Crippen LogP contribution in [-0.4, -0.2) is 10.2 Å². The van der Waals surface area contributed by atoms with Gasteiger partial charge in [0.05, 0.1) is 0 Å². The van der Waals surface area contributed by atoms with E-state index in [1.165, 1.54) is 5.56 Å². The first kappa shape index (κ1) is 14.6. The molecule has 0 saturated heterocycles. The molecule has 0 fully saturated rings. The Morgan fingerprint density at radius 3 is 2.41 bits per heavy atom. The zero-order valence-corrected chi connectivity index (χ0v) is 12.9.